The lowest BCUT2D eigenvalue weighted by molar-refractivity contribution is -0.870. The average molecular weight is 928 g/mol. The summed E-state index contributed by atoms with van der Waals surface area (Å²) in [5, 5.41) is 13.9. The first kappa shape index (κ1) is 62.4. The number of carbonyl (C=O) groups is 1. The number of aliphatic hydroxyl groups excluding tert-OH is 1. The van der Waals surface area contributed by atoms with Crippen LogP contribution in [-0.4, -0.2) is 73.4 Å². The summed E-state index contributed by atoms with van der Waals surface area (Å²) >= 11 is 0. The van der Waals surface area contributed by atoms with Gasteiger partial charge in [0.1, 0.15) is 13.2 Å². The van der Waals surface area contributed by atoms with Gasteiger partial charge in [-0.2, -0.15) is 0 Å². The highest BCUT2D eigenvalue weighted by Crippen LogP contribution is 2.43. The van der Waals surface area contributed by atoms with E-state index in [4.69, 9.17) is 9.05 Å². The molecule has 0 aromatic heterocycles. The van der Waals surface area contributed by atoms with Gasteiger partial charge in [0, 0.05) is 6.42 Å². The summed E-state index contributed by atoms with van der Waals surface area (Å²) < 4.78 is 23.6. The smallest absolute Gasteiger partial charge is 0.387 e. The Bertz CT molecular complexity index is 1370. The minimum Gasteiger partial charge on any atom is -0.387 e. The van der Waals surface area contributed by atoms with Gasteiger partial charge in [-0.25, -0.2) is 4.57 Å². The first-order valence-electron chi connectivity index (χ1n) is 26.1. The molecule has 0 rings (SSSR count). The summed E-state index contributed by atoms with van der Waals surface area (Å²) in [6.45, 7) is 4.67. The van der Waals surface area contributed by atoms with Gasteiger partial charge < -0.3 is 19.8 Å². The molecule has 65 heavy (non-hydrogen) atoms. The van der Waals surface area contributed by atoms with Crippen molar-refractivity contribution >= 4 is 13.7 Å². The van der Waals surface area contributed by atoms with Crippen molar-refractivity contribution in [1.82, 2.24) is 5.32 Å². The van der Waals surface area contributed by atoms with Crippen molar-refractivity contribution in [2.75, 3.05) is 40.9 Å². The molecule has 0 fully saturated rings. The molecule has 0 bridgehead atoms. The number of aliphatic hydroxyl groups is 1. The summed E-state index contributed by atoms with van der Waals surface area (Å²) in [6, 6.07) is -0.864. The third kappa shape index (κ3) is 49.2. The van der Waals surface area contributed by atoms with Gasteiger partial charge in [0.25, 0.3) is 0 Å². The van der Waals surface area contributed by atoms with E-state index in [0.29, 0.717) is 17.4 Å². The van der Waals surface area contributed by atoms with Crippen molar-refractivity contribution in [3.63, 3.8) is 0 Å². The standard InChI is InChI=1S/C56H99N2O6P/c1-6-8-10-12-14-16-18-20-22-24-25-26-27-28-29-30-31-32-33-34-36-38-40-42-44-46-48-50-56(60)57-54(53-64-65(61,62)63-52-51-58(3,4)5)55(59)49-47-45-43-41-39-37-35-23-21-19-17-15-13-11-9-7-2/h8,10,14,16,20,22,25-26,28-29,31-32,34,36,47,49,54-55,59H,6-7,9,11-13,15,17-19,21,23-24,27,30,33,35,37-46,48,50-53H2,1-5H3,(H-,57,60,61,62)/p+1/b10-8-,16-14-,22-20-,26-25-,29-28-,32-31-,36-34-,49-47+. The molecule has 0 aromatic carbocycles. The van der Waals surface area contributed by atoms with Crippen molar-refractivity contribution in [2.45, 2.75) is 212 Å². The molecule has 3 unspecified atom stereocenters. The molecule has 0 saturated heterocycles. The van der Waals surface area contributed by atoms with E-state index in [2.05, 4.69) is 104 Å². The van der Waals surface area contributed by atoms with Crippen LogP contribution in [0, 0.1) is 0 Å². The van der Waals surface area contributed by atoms with Gasteiger partial charge in [-0.05, 0) is 77.0 Å². The number of rotatable bonds is 46. The normalized spacial score (nSPS) is 14.9. The largest absolute Gasteiger partial charge is 0.472 e. The van der Waals surface area contributed by atoms with E-state index in [1.165, 1.54) is 77.0 Å². The van der Waals surface area contributed by atoms with Crippen molar-refractivity contribution < 1.29 is 32.9 Å². The zero-order chi connectivity index (χ0) is 47.8. The number of nitrogens with zero attached hydrogens (tertiary/aromatic N) is 1. The minimum atomic E-state index is -4.36. The Kier molecular flexibility index (Phi) is 44.7. The van der Waals surface area contributed by atoms with Crippen molar-refractivity contribution in [2.24, 2.45) is 0 Å². The number of phosphoric acid groups is 1. The highest BCUT2D eigenvalue weighted by Gasteiger charge is 2.27. The second-order valence-corrected chi connectivity index (χ2v) is 20.0. The number of nitrogens with one attached hydrogen (secondary N) is 1. The van der Waals surface area contributed by atoms with E-state index < -0.39 is 20.0 Å². The zero-order valence-corrected chi connectivity index (χ0v) is 43.3. The molecule has 9 heteroatoms. The molecule has 374 valence electrons. The van der Waals surface area contributed by atoms with Crippen molar-refractivity contribution in [3.8, 4) is 0 Å². The van der Waals surface area contributed by atoms with Crippen molar-refractivity contribution in [3.05, 3.63) is 97.2 Å². The Morgan fingerprint density at radius 2 is 0.923 bits per heavy atom. The molecule has 8 nitrogen and oxygen atoms in total. The lowest BCUT2D eigenvalue weighted by Crippen LogP contribution is -2.45. The maximum absolute atomic E-state index is 12.9. The van der Waals surface area contributed by atoms with Gasteiger partial charge in [-0.15, -0.1) is 0 Å². The lowest BCUT2D eigenvalue weighted by Gasteiger charge is -2.25. The van der Waals surface area contributed by atoms with Crippen LogP contribution in [0.5, 0.6) is 0 Å². The van der Waals surface area contributed by atoms with Gasteiger partial charge in [-0.1, -0.05) is 214 Å². The lowest BCUT2D eigenvalue weighted by atomic mass is 10.0. The number of hydrogen-bond acceptors (Lipinski definition) is 5. The highest BCUT2D eigenvalue weighted by molar-refractivity contribution is 7.47. The van der Waals surface area contributed by atoms with Gasteiger partial charge in [0.2, 0.25) is 5.91 Å². The SMILES string of the molecule is CC/C=C\C/C=C\C/C=C\C/C=C\C/C=C\C/C=C\C/C=C\CCCCCCCC(=O)NC(COP(=O)(O)OCC[N+](C)(C)C)C(O)/C=C/CCCCCCCCCCCCCCCC. The predicted octanol–water partition coefficient (Wildman–Crippen LogP) is 15.5. The Hall–Kier alpha value is -2.58. The fourth-order valence-electron chi connectivity index (χ4n) is 6.96. The first-order chi connectivity index (χ1) is 31.5. The number of amides is 1. The van der Waals surface area contributed by atoms with Crippen LogP contribution >= 0.6 is 7.82 Å². The molecule has 0 aliphatic carbocycles. The van der Waals surface area contributed by atoms with Crippen LogP contribution < -0.4 is 5.32 Å². The summed E-state index contributed by atoms with van der Waals surface area (Å²) in [5.41, 5.74) is 0. The van der Waals surface area contributed by atoms with Gasteiger partial charge in [0.05, 0.1) is 39.9 Å². The van der Waals surface area contributed by atoms with Crippen LogP contribution in [0.1, 0.15) is 200 Å². The molecule has 0 spiro atoms. The summed E-state index contributed by atoms with van der Waals surface area (Å²) in [6.07, 6.45) is 66.2. The second-order valence-electron chi connectivity index (χ2n) is 18.5. The Balaban J connectivity index is 4.36. The van der Waals surface area contributed by atoms with Gasteiger partial charge in [0.15, 0.2) is 0 Å². The van der Waals surface area contributed by atoms with Crippen LogP contribution in [-0.2, 0) is 18.4 Å². The number of carbonyl (C=O) groups excluding carboxylic acids is 1. The average Bonchev–Trinajstić information content (AvgIpc) is 3.26. The third-order valence-electron chi connectivity index (χ3n) is 11.1. The monoisotopic (exact) mass is 928 g/mol. The number of allylic oxidation sites excluding steroid dienone is 15. The maximum Gasteiger partial charge on any atom is 0.472 e. The molecule has 3 atom stereocenters. The van der Waals surface area contributed by atoms with Crippen LogP contribution in [0.15, 0.2) is 97.2 Å². The predicted molar refractivity (Wildman–Crippen MR) is 281 cm³/mol. The number of unbranched alkanes of at least 4 members (excludes halogenated alkanes) is 19. The molecule has 0 aromatic rings. The van der Waals surface area contributed by atoms with E-state index in [-0.39, 0.29) is 19.1 Å². The Labute approximate surface area is 400 Å². The fraction of sp³-hybridized carbons (Fsp3) is 0.696. The van der Waals surface area contributed by atoms with Crippen LogP contribution in [0.4, 0.5) is 0 Å². The molecular weight excluding hydrogens is 828 g/mol. The quantitative estimate of drug-likeness (QED) is 0.0243. The maximum atomic E-state index is 12.9. The second kappa shape index (κ2) is 46.5. The van der Waals surface area contributed by atoms with Crippen LogP contribution in [0.3, 0.4) is 0 Å². The van der Waals surface area contributed by atoms with E-state index in [9.17, 15) is 19.4 Å². The molecule has 0 aliphatic heterocycles. The first-order valence-corrected chi connectivity index (χ1v) is 27.6. The summed E-state index contributed by atoms with van der Waals surface area (Å²) in [5.74, 6) is -0.200. The van der Waals surface area contributed by atoms with Gasteiger partial charge in [-0.3, -0.25) is 13.8 Å². The molecule has 1 amide bonds. The zero-order valence-electron chi connectivity index (χ0n) is 42.4. The summed E-state index contributed by atoms with van der Waals surface area (Å²) in [4.78, 5) is 23.2. The van der Waals surface area contributed by atoms with E-state index in [1.807, 2.05) is 27.2 Å². The topological polar surface area (TPSA) is 105 Å². The van der Waals surface area contributed by atoms with E-state index in [1.54, 1.807) is 6.08 Å². The molecule has 0 radical (unpaired) electrons. The molecule has 0 heterocycles. The Morgan fingerprint density at radius 1 is 0.538 bits per heavy atom. The summed E-state index contributed by atoms with van der Waals surface area (Å²) in [7, 11) is 1.54. The number of likely N-dealkylation sites (N-methyl/N-ethyl adjacent to an activating group) is 1. The van der Waals surface area contributed by atoms with E-state index >= 15 is 0 Å². The number of hydrogen-bond donors (Lipinski definition) is 3. The fourth-order valence-corrected chi connectivity index (χ4v) is 7.70. The van der Waals surface area contributed by atoms with Crippen LogP contribution in [0.2, 0.25) is 0 Å². The molecule has 0 aliphatic rings. The Morgan fingerprint density at radius 3 is 1.35 bits per heavy atom. The van der Waals surface area contributed by atoms with Crippen molar-refractivity contribution in [1.29, 1.82) is 0 Å². The third-order valence-corrected chi connectivity index (χ3v) is 12.0. The number of phosphoric ester groups is 1. The van der Waals surface area contributed by atoms with E-state index in [0.717, 1.165) is 103 Å². The highest BCUT2D eigenvalue weighted by atomic mass is 31.2. The molecule has 3 N–H and O–H groups in total. The molecule has 0 saturated carbocycles. The minimum absolute atomic E-state index is 0.0521. The van der Waals surface area contributed by atoms with Gasteiger partial charge >= 0.3 is 7.82 Å². The number of quaternary nitrogens is 1. The van der Waals surface area contributed by atoms with Crippen LogP contribution in [0.25, 0.3) is 0 Å². The molecular formula is C56H100N2O6P+.